The van der Waals surface area contributed by atoms with E-state index in [0.29, 0.717) is 45.3 Å². The molecule has 16 heteroatoms. The van der Waals surface area contributed by atoms with Crippen LogP contribution in [-0.4, -0.2) is 65.4 Å². The van der Waals surface area contributed by atoms with Gasteiger partial charge in [0.05, 0.1) is 33.2 Å². The number of fused-ring (bicyclic) bond motifs is 1. The van der Waals surface area contributed by atoms with Crippen LogP contribution in [0.25, 0.3) is 10.8 Å². The second kappa shape index (κ2) is 21.3. The maximum Gasteiger partial charge on any atom is 0.335 e. The molecule has 7 aromatic rings. The van der Waals surface area contributed by atoms with E-state index in [1.54, 1.807) is 121 Å². The average molecular weight is 891 g/mol. The number of para-hydroxylation sites is 4. The summed E-state index contributed by atoms with van der Waals surface area (Å²) in [6, 6.07) is 46.9. The molecule has 7 aromatic carbocycles. The van der Waals surface area contributed by atoms with Crippen molar-refractivity contribution < 1.29 is 55.6 Å². The number of carbonyl (C=O) groups is 2. The summed E-state index contributed by atoms with van der Waals surface area (Å²) in [5.41, 5.74) is 1.70. The summed E-state index contributed by atoms with van der Waals surface area (Å²) in [7, 11) is -7.46. The van der Waals surface area contributed by atoms with E-state index in [1.807, 2.05) is 24.3 Å². The van der Waals surface area contributed by atoms with Crippen LogP contribution in [0.4, 0.5) is 11.4 Å². The first kappa shape index (κ1) is 45.0. The molecule has 0 aliphatic rings. The zero-order valence-corrected chi connectivity index (χ0v) is 35.1. The molecule has 0 atom stereocenters. The number of nitrogens with one attached hydrogen (secondary N) is 2. The first-order valence-corrected chi connectivity index (χ1v) is 22.4. The van der Waals surface area contributed by atoms with Gasteiger partial charge in [-0.25, -0.2) is 26.4 Å². The highest BCUT2D eigenvalue weighted by atomic mass is 32.2. The third-order valence-electron chi connectivity index (χ3n) is 8.94. The fraction of sp³-hybridized carbons (Fsp3) is 0.106. The maximum absolute atomic E-state index is 13.1. The molecular weight excluding hydrogens is 849 g/mol. The molecule has 0 aromatic heterocycles. The predicted octanol–water partition coefficient (Wildman–Crippen LogP) is 8.58. The van der Waals surface area contributed by atoms with E-state index < -0.39 is 32.0 Å². The van der Waals surface area contributed by atoms with Gasteiger partial charge in [-0.05, 0) is 89.8 Å². The molecule has 14 nitrogen and oxygen atoms in total. The standard InChI is InChI=1S/C25H21NO6S.C22H21NO6S/c27-25(28)19-12-14-20(15-13-19)31-16-17-32-23-10-4-3-9-22(23)26-33(29,30)24-11-5-7-18-6-1-2-8-21(18)24;24-22(25)18-10-12-19(13-11-18)28-14-15-29-21-9-5-4-8-20(21)23-30(26,27)16-17-6-2-1-3-7-17/h1-15,26H,16-17H2,(H,27,28);1-13,23H,14-16H2,(H,24,25). The third-order valence-corrected chi connectivity index (χ3v) is 11.6. The zero-order chi connectivity index (χ0) is 44.7. The van der Waals surface area contributed by atoms with Gasteiger partial charge in [-0.15, -0.1) is 0 Å². The number of hydrogen-bond acceptors (Lipinski definition) is 10. The van der Waals surface area contributed by atoms with Crippen molar-refractivity contribution in [1.82, 2.24) is 0 Å². The number of sulfonamides is 2. The van der Waals surface area contributed by atoms with Gasteiger partial charge in [-0.2, -0.15) is 0 Å². The number of ether oxygens (including phenoxy) is 4. The number of aromatic carboxylic acids is 2. The van der Waals surface area contributed by atoms with Crippen molar-refractivity contribution in [3.8, 4) is 23.0 Å². The van der Waals surface area contributed by atoms with Crippen molar-refractivity contribution in [3.63, 3.8) is 0 Å². The number of carboxylic acid groups (broad SMARTS) is 2. The van der Waals surface area contributed by atoms with Crippen LogP contribution in [0.3, 0.4) is 0 Å². The quantitative estimate of drug-likeness (QED) is 0.0564. The Balaban J connectivity index is 0.000000211. The Hall–Kier alpha value is -7.56. The van der Waals surface area contributed by atoms with Crippen molar-refractivity contribution in [2.45, 2.75) is 10.6 Å². The van der Waals surface area contributed by atoms with E-state index in [0.717, 1.165) is 5.39 Å². The van der Waals surface area contributed by atoms with Crippen LogP contribution in [0, 0.1) is 0 Å². The van der Waals surface area contributed by atoms with Gasteiger partial charge >= 0.3 is 11.9 Å². The summed E-state index contributed by atoms with van der Waals surface area (Å²) in [5, 5.41) is 19.3. The molecule has 4 N–H and O–H groups in total. The first-order valence-electron chi connectivity index (χ1n) is 19.3. The lowest BCUT2D eigenvalue weighted by Crippen LogP contribution is -2.16. The molecule has 0 saturated heterocycles. The minimum Gasteiger partial charge on any atom is -0.490 e. The molecule has 0 heterocycles. The van der Waals surface area contributed by atoms with E-state index in [2.05, 4.69) is 9.44 Å². The van der Waals surface area contributed by atoms with E-state index in [9.17, 15) is 26.4 Å². The lowest BCUT2D eigenvalue weighted by Gasteiger charge is -2.15. The van der Waals surface area contributed by atoms with E-state index >= 15 is 0 Å². The minimum absolute atomic E-state index is 0.141. The second-order valence-electron chi connectivity index (χ2n) is 13.5. The highest BCUT2D eigenvalue weighted by Crippen LogP contribution is 2.30. The zero-order valence-electron chi connectivity index (χ0n) is 33.5. The molecule has 0 spiro atoms. The monoisotopic (exact) mass is 890 g/mol. The van der Waals surface area contributed by atoms with Gasteiger partial charge in [-0.1, -0.05) is 91.0 Å². The van der Waals surface area contributed by atoms with E-state index in [-0.39, 0.29) is 48.2 Å². The highest BCUT2D eigenvalue weighted by Gasteiger charge is 2.19. The van der Waals surface area contributed by atoms with Gasteiger partial charge in [-0.3, -0.25) is 9.44 Å². The average Bonchev–Trinajstić information content (AvgIpc) is 3.28. The molecule has 0 amide bonds. The van der Waals surface area contributed by atoms with E-state index in [4.69, 9.17) is 29.2 Å². The lowest BCUT2D eigenvalue weighted by molar-refractivity contribution is 0.0686. The van der Waals surface area contributed by atoms with Gasteiger partial charge in [0.25, 0.3) is 10.0 Å². The SMILES string of the molecule is O=C(O)c1ccc(OCCOc2ccccc2NS(=O)(=O)Cc2ccccc2)cc1.O=C(O)c1ccc(OCCOc2ccccc2NS(=O)(=O)c2cccc3ccccc23)cc1. The largest absolute Gasteiger partial charge is 0.490 e. The fourth-order valence-electron chi connectivity index (χ4n) is 5.99. The molecule has 0 fully saturated rings. The molecule has 0 saturated carbocycles. The van der Waals surface area contributed by atoms with Crippen molar-refractivity contribution in [3.05, 3.63) is 187 Å². The summed E-state index contributed by atoms with van der Waals surface area (Å²) in [6.45, 7) is 0.736. The van der Waals surface area contributed by atoms with Crippen molar-refractivity contribution in [2.75, 3.05) is 35.9 Å². The van der Waals surface area contributed by atoms with Gasteiger partial charge in [0.15, 0.2) is 0 Å². The summed E-state index contributed by atoms with van der Waals surface area (Å²) in [4.78, 5) is 21.9. The van der Waals surface area contributed by atoms with Gasteiger partial charge < -0.3 is 29.2 Å². The Bertz CT molecular complexity index is 2850. The van der Waals surface area contributed by atoms with Crippen LogP contribution < -0.4 is 28.4 Å². The van der Waals surface area contributed by atoms with Crippen LogP contribution in [0.5, 0.6) is 23.0 Å². The Labute approximate surface area is 364 Å². The van der Waals surface area contributed by atoms with Crippen molar-refractivity contribution in [2.24, 2.45) is 0 Å². The predicted molar refractivity (Wildman–Crippen MR) is 239 cm³/mol. The highest BCUT2D eigenvalue weighted by molar-refractivity contribution is 7.93. The van der Waals surface area contributed by atoms with Crippen molar-refractivity contribution >= 4 is 54.1 Å². The summed E-state index contributed by atoms with van der Waals surface area (Å²) >= 11 is 0. The van der Waals surface area contributed by atoms with Crippen molar-refractivity contribution in [1.29, 1.82) is 0 Å². The number of benzene rings is 7. The molecule has 7 rings (SSSR count). The number of hydrogen-bond donors (Lipinski definition) is 4. The lowest BCUT2D eigenvalue weighted by atomic mass is 10.1. The Morgan fingerprint density at radius 1 is 0.460 bits per heavy atom. The maximum atomic E-state index is 13.1. The van der Waals surface area contributed by atoms with Crippen LogP contribution in [0.2, 0.25) is 0 Å². The number of rotatable bonds is 19. The second-order valence-corrected chi connectivity index (χ2v) is 16.8. The molecule has 63 heavy (non-hydrogen) atoms. The third kappa shape index (κ3) is 13.2. The number of anilines is 2. The smallest absolute Gasteiger partial charge is 0.335 e. The van der Waals surface area contributed by atoms with Crippen LogP contribution in [0.15, 0.2) is 175 Å². The molecule has 0 aliphatic carbocycles. The molecule has 0 aliphatic heterocycles. The van der Waals surface area contributed by atoms with Crippen LogP contribution in [-0.2, 0) is 25.8 Å². The van der Waals surface area contributed by atoms with Gasteiger partial charge in [0, 0.05) is 5.39 Å². The minimum atomic E-state index is -3.86. The summed E-state index contributed by atoms with van der Waals surface area (Å²) in [5.74, 6) is -0.375. The Morgan fingerprint density at radius 3 is 1.44 bits per heavy atom. The first-order chi connectivity index (χ1) is 30.4. The van der Waals surface area contributed by atoms with Crippen LogP contribution in [0.1, 0.15) is 26.3 Å². The molecule has 0 unspecified atom stereocenters. The molecular formula is C47H42N2O12S2. The van der Waals surface area contributed by atoms with E-state index in [1.165, 1.54) is 24.3 Å². The summed E-state index contributed by atoms with van der Waals surface area (Å²) in [6.07, 6.45) is 0. The molecule has 0 radical (unpaired) electrons. The Morgan fingerprint density at radius 2 is 0.905 bits per heavy atom. The van der Waals surface area contributed by atoms with Crippen LogP contribution >= 0.6 is 0 Å². The van der Waals surface area contributed by atoms with Gasteiger partial charge in [0.1, 0.15) is 49.4 Å². The van der Waals surface area contributed by atoms with Gasteiger partial charge in [0.2, 0.25) is 10.0 Å². The Kier molecular flexibility index (Phi) is 15.2. The summed E-state index contributed by atoms with van der Waals surface area (Å²) < 4.78 is 78.9. The topological polar surface area (TPSA) is 204 Å². The molecule has 324 valence electrons. The fourth-order valence-corrected chi connectivity index (χ4v) is 8.50. The number of carboxylic acids is 2. The molecule has 0 bridgehead atoms. The normalized spacial score (nSPS) is 11.0.